The van der Waals surface area contributed by atoms with Crippen LogP contribution in [0, 0.1) is 0 Å². The molecule has 0 unspecified atom stereocenters. The van der Waals surface area contributed by atoms with Crippen LogP contribution in [0.15, 0.2) is 24.3 Å². The molecule has 6 heteroatoms. The summed E-state index contributed by atoms with van der Waals surface area (Å²) in [7, 11) is -3.30. The molecule has 0 radical (unpaired) electrons. The highest BCUT2D eigenvalue weighted by molar-refractivity contribution is 7.88. The lowest BCUT2D eigenvalue weighted by molar-refractivity contribution is 0.293. The third-order valence-corrected chi connectivity index (χ3v) is 4.40. The van der Waals surface area contributed by atoms with Crippen LogP contribution in [0.25, 0.3) is 0 Å². The number of hydrogen-bond acceptors (Lipinski definition) is 4. The maximum Gasteiger partial charge on any atom is 0.215 e. The van der Waals surface area contributed by atoms with Crippen molar-refractivity contribution < 1.29 is 8.42 Å². The molecule has 1 aromatic rings. The van der Waals surface area contributed by atoms with E-state index in [1.165, 1.54) is 0 Å². The molecule has 0 heterocycles. The maximum atomic E-state index is 12.0. The van der Waals surface area contributed by atoms with Crippen molar-refractivity contribution in [3.63, 3.8) is 0 Å². The van der Waals surface area contributed by atoms with Gasteiger partial charge in [-0.3, -0.25) is 0 Å². The number of nitrogen functional groups attached to an aromatic ring is 1. The average molecular weight is 299 g/mol. The first-order valence-corrected chi connectivity index (χ1v) is 8.66. The first kappa shape index (κ1) is 16.9. The minimum atomic E-state index is -3.30. The largest absolute Gasteiger partial charge is 0.399 e. The van der Waals surface area contributed by atoms with Crippen LogP contribution in [0.5, 0.6) is 0 Å². The molecule has 0 aliphatic carbocycles. The van der Waals surface area contributed by atoms with Crippen LogP contribution >= 0.6 is 0 Å². The highest BCUT2D eigenvalue weighted by atomic mass is 32.2. The molecule has 0 amide bonds. The van der Waals surface area contributed by atoms with Gasteiger partial charge in [0.15, 0.2) is 0 Å². The standard InChI is InChI=1S/C14H25N3O2S/c1-3-9-17(4-2)10-8-16-20(18,19)12-13-6-5-7-14(15)11-13/h5-7,11,16H,3-4,8-10,12,15H2,1-2H3. The van der Waals surface area contributed by atoms with E-state index in [4.69, 9.17) is 5.73 Å². The van der Waals surface area contributed by atoms with Gasteiger partial charge in [0.2, 0.25) is 10.0 Å². The molecule has 0 spiro atoms. The van der Waals surface area contributed by atoms with E-state index in [0.29, 0.717) is 17.8 Å². The molecule has 114 valence electrons. The van der Waals surface area contributed by atoms with Crippen molar-refractivity contribution in [3.05, 3.63) is 29.8 Å². The summed E-state index contributed by atoms with van der Waals surface area (Å²) in [6.07, 6.45) is 1.07. The molecule has 1 rings (SSSR count). The van der Waals surface area contributed by atoms with Crippen LogP contribution in [0.2, 0.25) is 0 Å². The SMILES string of the molecule is CCCN(CC)CCNS(=O)(=O)Cc1cccc(N)c1. The summed E-state index contributed by atoms with van der Waals surface area (Å²) in [6, 6.07) is 6.97. The van der Waals surface area contributed by atoms with Crippen LogP contribution in [0.4, 0.5) is 5.69 Å². The molecular formula is C14H25N3O2S. The molecular weight excluding hydrogens is 274 g/mol. The maximum absolute atomic E-state index is 12.0. The first-order valence-electron chi connectivity index (χ1n) is 7.01. The highest BCUT2D eigenvalue weighted by Gasteiger charge is 2.11. The zero-order chi connectivity index (χ0) is 15.0. The Morgan fingerprint density at radius 3 is 2.60 bits per heavy atom. The van der Waals surface area contributed by atoms with Gasteiger partial charge in [-0.1, -0.05) is 26.0 Å². The van der Waals surface area contributed by atoms with E-state index in [2.05, 4.69) is 23.5 Å². The van der Waals surface area contributed by atoms with Crippen molar-refractivity contribution in [3.8, 4) is 0 Å². The average Bonchev–Trinajstić information content (AvgIpc) is 2.37. The first-order chi connectivity index (χ1) is 9.46. The Kier molecular flexibility index (Phi) is 6.98. The Morgan fingerprint density at radius 1 is 1.25 bits per heavy atom. The lowest BCUT2D eigenvalue weighted by Gasteiger charge is -2.19. The molecule has 3 N–H and O–H groups in total. The van der Waals surface area contributed by atoms with Gasteiger partial charge in [-0.2, -0.15) is 0 Å². The van der Waals surface area contributed by atoms with Gasteiger partial charge in [0, 0.05) is 18.8 Å². The van der Waals surface area contributed by atoms with E-state index in [-0.39, 0.29) is 5.75 Å². The Balaban J connectivity index is 2.46. The van der Waals surface area contributed by atoms with Gasteiger partial charge in [-0.05, 0) is 37.2 Å². The van der Waals surface area contributed by atoms with Crippen LogP contribution in [-0.4, -0.2) is 39.5 Å². The van der Waals surface area contributed by atoms with Gasteiger partial charge in [0.25, 0.3) is 0 Å². The van der Waals surface area contributed by atoms with Crippen molar-refractivity contribution in [1.29, 1.82) is 0 Å². The number of likely N-dealkylation sites (N-methyl/N-ethyl adjacent to an activating group) is 1. The normalized spacial score (nSPS) is 11.9. The van der Waals surface area contributed by atoms with Crippen molar-refractivity contribution in [2.75, 3.05) is 31.9 Å². The second-order valence-electron chi connectivity index (χ2n) is 4.83. The predicted octanol–water partition coefficient (Wildman–Crippen LogP) is 1.42. The lowest BCUT2D eigenvalue weighted by Crippen LogP contribution is -2.35. The topological polar surface area (TPSA) is 75.4 Å². The second kappa shape index (κ2) is 8.24. The summed E-state index contributed by atoms with van der Waals surface area (Å²) in [5.41, 5.74) is 6.93. The van der Waals surface area contributed by atoms with E-state index < -0.39 is 10.0 Å². The molecule has 0 aliphatic heterocycles. The number of nitrogens with zero attached hydrogens (tertiary/aromatic N) is 1. The Labute approximate surface area is 122 Å². The summed E-state index contributed by atoms with van der Waals surface area (Å²) in [4.78, 5) is 2.23. The third-order valence-electron chi connectivity index (χ3n) is 3.04. The van der Waals surface area contributed by atoms with Crippen LogP contribution < -0.4 is 10.5 Å². The number of sulfonamides is 1. The monoisotopic (exact) mass is 299 g/mol. The molecule has 0 fully saturated rings. The number of benzene rings is 1. The van der Waals surface area contributed by atoms with E-state index in [1.54, 1.807) is 24.3 Å². The molecule has 0 atom stereocenters. The fraction of sp³-hybridized carbons (Fsp3) is 0.571. The highest BCUT2D eigenvalue weighted by Crippen LogP contribution is 2.09. The minimum Gasteiger partial charge on any atom is -0.399 e. The number of hydrogen-bond donors (Lipinski definition) is 2. The summed E-state index contributed by atoms with van der Waals surface area (Å²) >= 11 is 0. The summed E-state index contributed by atoms with van der Waals surface area (Å²) < 4.78 is 26.6. The molecule has 0 saturated heterocycles. The number of nitrogens with one attached hydrogen (secondary N) is 1. The number of nitrogens with two attached hydrogens (primary N) is 1. The van der Waals surface area contributed by atoms with Crippen LogP contribution in [0.1, 0.15) is 25.8 Å². The zero-order valence-electron chi connectivity index (χ0n) is 12.3. The van der Waals surface area contributed by atoms with E-state index in [1.807, 2.05) is 0 Å². The Morgan fingerprint density at radius 2 is 2.00 bits per heavy atom. The van der Waals surface area contributed by atoms with Gasteiger partial charge < -0.3 is 10.6 Å². The molecule has 0 bridgehead atoms. The van der Waals surface area contributed by atoms with Crippen molar-refractivity contribution in [2.45, 2.75) is 26.0 Å². The van der Waals surface area contributed by atoms with Crippen LogP contribution in [0.3, 0.4) is 0 Å². The fourth-order valence-corrected chi connectivity index (χ4v) is 3.18. The lowest BCUT2D eigenvalue weighted by atomic mass is 10.2. The number of anilines is 1. The van der Waals surface area contributed by atoms with Gasteiger partial charge in [-0.25, -0.2) is 13.1 Å². The van der Waals surface area contributed by atoms with Gasteiger partial charge in [0.1, 0.15) is 0 Å². The van der Waals surface area contributed by atoms with E-state index in [9.17, 15) is 8.42 Å². The smallest absolute Gasteiger partial charge is 0.215 e. The summed E-state index contributed by atoms with van der Waals surface area (Å²) in [6.45, 7) is 7.31. The predicted molar refractivity (Wildman–Crippen MR) is 83.9 cm³/mol. The molecule has 0 aliphatic rings. The van der Waals surface area contributed by atoms with E-state index in [0.717, 1.165) is 26.1 Å². The minimum absolute atomic E-state index is 0.0298. The van der Waals surface area contributed by atoms with Gasteiger partial charge >= 0.3 is 0 Å². The van der Waals surface area contributed by atoms with E-state index >= 15 is 0 Å². The molecule has 0 saturated carbocycles. The quantitative estimate of drug-likeness (QED) is 0.676. The van der Waals surface area contributed by atoms with Crippen molar-refractivity contribution in [2.24, 2.45) is 0 Å². The van der Waals surface area contributed by atoms with Gasteiger partial charge in [0.05, 0.1) is 5.75 Å². The molecule has 0 aromatic heterocycles. The van der Waals surface area contributed by atoms with Crippen molar-refractivity contribution in [1.82, 2.24) is 9.62 Å². The Bertz CT molecular complexity index is 503. The van der Waals surface area contributed by atoms with Crippen LogP contribution in [-0.2, 0) is 15.8 Å². The van der Waals surface area contributed by atoms with Crippen molar-refractivity contribution >= 4 is 15.7 Å². The summed E-state index contributed by atoms with van der Waals surface area (Å²) in [5, 5.41) is 0. The molecule has 1 aromatic carbocycles. The van der Waals surface area contributed by atoms with Gasteiger partial charge in [-0.15, -0.1) is 0 Å². The molecule has 20 heavy (non-hydrogen) atoms. The molecule has 5 nitrogen and oxygen atoms in total. The zero-order valence-corrected chi connectivity index (χ0v) is 13.1. The Hall–Kier alpha value is -1.11. The summed E-state index contributed by atoms with van der Waals surface area (Å²) in [5.74, 6) is -0.0298. The second-order valence-corrected chi connectivity index (χ2v) is 6.64. The number of rotatable bonds is 9. The third kappa shape index (κ3) is 6.36. The fourth-order valence-electron chi connectivity index (χ4n) is 2.06.